The summed E-state index contributed by atoms with van der Waals surface area (Å²) >= 11 is 1.75. The summed E-state index contributed by atoms with van der Waals surface area (Å²) < 4.78 is 5.97. The molecule has 1 unspecified atom stereocenters. The molecular formula is C20H26O2S. The molecule has 2 aromatic rings. The predicted molar refractivity (Wildman–Crippen MR) is 97.6 cm³/mol. The molecule has 0 bridgehead atoms. The van der Waals surface area contributed by atoms with Gasteiger partial charge in [0.05, 0.1) is 6.61 Å². The second kappa shape index (κ2) is 8.53. The fraction of sp³-hybridized carbons (Fsp3) is 0.400. The van der Waals surface area contributed by atoms with Gasteiger partial charge >= 0.3 is 0 Å². The van der Waals surface area contributed by atoms with Gasteiger partial charge in [-0.25, -0.2) is 0 Å². The van der Waals surface area contributed by atoms with Crippen molar-refractivity contribution in [1.29, 1.82) is 0 Å². The Kier molecular flexibility index (Phi) is 6.70. The topological polar surface area (TPSA) is 29.5 Å². The summed E-state index contributed by atoms with van der Waals surface area (Å²) in [6, 6.07) is 16.0. The van der Waals surface area contributed by atoms with Crippen LogP contribution in [0.5, 0.6) is 0 Å². The number of rotatable bonds is 8. The maximum atomic E-state index is 10.9. The van der Waals surface area contributed by atoms with Crippen molar-refractivity contribution >= 4 is 11.8 Å². The highest BCUT2D eigenvalue weighted by Crippen LogP contribution is 2.31. The minimum absolute atomic E-state index is 0.410. The number of aryl methyl sites for hydroxylation is 1. The largest absolute Gasteiger partial charge is 0.362 e. The van der Waals surface area contributed by atoms with Gasteiger partial charge in [-0.2, -0.15) is 0 Å². The van der Waals surface area contributed by atoms with E-state index in [1.54, 1.807) is 11.8 Å². The molecule has 0 radical (unpaired) electrons. The molecule has 3 heteroatoms. The van der Waals surface area contributed by atoms with E-state index in [9.17, 15) is 5.11 Å². The molecule has 0 fully saturated rings. The summed E-state index contributed by atoms with van der Waals surface area (Å²) in [5, 5.41) is 10.9. The average molecular weight is 330 g/mol. The van der Waals surface area contributed by atoms with E-state index in [0.717, 1.165) is 24.0 Å². The molecule has 2 rings (SSSR count). The standard InChI is InChI=1S/C20H26O2S/c1-4-10-16-11-9-12-17(19(16)23-3)15-22-20(21,5-2)18-13-7-6-8-14-18/h6-9,11-14,21H,4-5,10,15H2,1-3H3. The van der Waals surface area contributed by atoms with E-state index in [2.05, 4.69) is 31.4 Å². The van der Waals surface area contributed by atoms with Crippen LogP contribution in [0.4, 0.5) is 0 Å². The third-order valence-corrected chi connectivity index (χ3v) is 5.00. The molecule has 0 spiro atoms. The van der Waals surface area contributed by atoms with Gasteiger partial charge in [0.15, 0.2) is 5.79 Å². The minimum atomic E-state index is -1.24. The van der Waals surface area contributed by atoms with E-state index in [0.29, 0.717) is 13.0 Å². The van der Waals surface area contributed by atoms with Crippen LogP contribution in [0.2, 0.25) is 0 Å². The van der Waals surface area contributed by atoms with Crippen molar-refractivity contribution in [1.82, 2.24) is 0 Å². The molecule has 0 aliphatic heterocycles. The molecule has 0 aromatic heterocycles. The monoisotopic (exact) mass is 330 g/mol. The number of hydrogen-bond acceptors (Lipinski definition) is 3. The fourth-order valence-electron chi connectivity index (χ4n) is 2.77. The quantitative estimate of drug-likeness (QED) is 0.537. The Morgan fingerprint density at radius 1 is 1.00 bits per heavy atom. The number of benzene rings is 2. The molecule has 0 amide bonds. The first-order valence-corrected chi connectivity index (χ1v) is 9.43. The van der Waals surface area contributed by atoms with E-state index in [4.69, 9.17) is 4.74 Å². The van der Waals surface area contributed by atoms with E-state index >= 15 is 0 Å². The van der Waals surface area contributed by atoms with Gasteiger partial charge in [0.25, 0.3) is 0 Å². The van der Waals surface area contributed by atoms with Crippen LogP contribution < -0.4 is 0 Å². The Morgan fingerprint density at radius 2 is 1.70 bits per heavy atom. The first kappa shape index (κ1) is 18.1. The second-order valence-corrected chi connectivity index (χ2v) is 6.47. The van der Waals surface area contributed by atoms with Crippen molar-refractivity contribution in [3.8, 4) is 0 Å². The van der Waals surface area contributed by atoms with Gasteiger partial charge in [0.1, 0.15) is 0 Å². The lowest BCUT2D eigenvalue weighted by Crippen LogP contribution is -2.28. The molecule has 0 heterocycles. The molecule has 0 aliphatic carbocycles. The smallest absolute Gasteiger partial charge is 0.192 e. The Bertz CT molecular complexity index is 612. The zero-order valence-corrected chi connectivity index (χ0v) is 15.0. The fourth-order valence-corrected chi connectivity index (χ4v) is 3.59. The summed E-state index contributed by atoms with van der Waals surface area (Å²) in [6.07, 6.45) is 4.81. The van der Waals surface area contributed by atoms with Crippen LogP contribution in [-0.4, -0.2) is 11.4 Å². The van der Waals surface area contributed by atoms with Gasteiger partial charge in [-0.05, 0) is 23.8 Å². The molecule has 2 nitrogen and oxygen atoms in total. The third-order valence-electron chi connectivity index (χ3n) is 4.07. The number of hydrogen-bond donors (Lipinski definition) is 1. The summed E-state index contributed by atoms with van der Waals surface area (Å²) in [4.78, 5) is 1.28. The van der Waals surface area contributed by atoms with Crippen molar-refractivity contribution in [2.45, 2.75) is 50.4 Å². The van der Waals surface area contributed by atoms with Crippen LogP contribution in [0.3, 0.4) is 0 Å². The van der Waals surface area contributed by atoms with Gasteiger partial charge < -0.3 is 9.84 Å². The summed E-state index contributed by atoms with van der Waals surface area (Å²) in [5.74, 6) is -1.24. The maximum Gasteiger partial charge on any atom is 0.192 e. The number of thioether (sulfide) groups is 1. The van der Waals surface area contributed by atoms with Crippen molar-refractivity contribution in [3.63, 3.8) is 0 Å². The van der Waals surface area contributed by atoms with Crippen molar-refractivity contribution in [2.75, 3.05) is 6.26 Å². The Labute approximate surface area is 143 Å². The van der Waals surface area contributed by atoms with Crippen LogP contribution in [0.15, 0.2) is 53.4 Å². The molecule has 1 N–H and O–H groups in total. The van der Waals surface area contributed by atoms with Crippen molar-refractivity contribution in [2.24, 2.45) is 0 Å². The first-order valence-electron chi connectivity index (χ1n) is 8.21. The molecule has 23 heavy (non-hydrogen) atoms. The van der Waals surface area contributed by atoms with E-state index in [1.807, 2.05) is 37.3 Å². The predicted octanol–water partition coefficient (Wildman–Crippen LogP) is 5.13. The molecule has 2 aromatic carbocycles. The zero-order valence-electron chi connectivity index (χ0n) is 14.2. The van der Waals surface area contributed by atoms with E-state index in [1.165, 1.54) is 10.5 Å². The highest BCUT2D eigenvalue weighted by atomic mass is 32.2. The zero-order chi connectivity index (χ0) is 16.7. The van der Waals surface area contributed by atoms with Gasteiger partial charge in [0.2, 0.25) is 0 Å². The summed E-state index contributed by atoms with van der Waals surface area (Å²) in [7, 11) is 0. The average Bonchev–Trinajstić information content (AvgIpc) is 2.61. The number of ether oxygens (including phenoxy) is 1. The number of aliphatic hydroxyl groups is 1. The Hall–Kier alpha value is -1.29. The molecule has 124 valence electrons. The van der Waals surface area contributed by atoms with Crippen LogP contribution >= 0.6 is 11.8 Å². The second-order valence-electron chi connectivity index (χ2n) is 5.65. The van der Waals surface area contributed by atoms with Crippen LogP contribution in [0.25, 0.3) is 0 Å². The van der Waals surface area contributed by atoms with Crippen LogP contribution in [-0.2, 0) is 23.6 Å². The lowest BCUT2D eigenvalue weighted by molar-refractivity contribution is -0.222. The minimum Gasteiger partial charge on any atom is -0.362 e. The third kappa shape index (κ3) is 4.37. The van der Waals surface area contributed by atoms with Crippen LogP contribution in [0, 0.1) is 0 Å². The highest BCUT2D eigenvalue weighted by molar-refractivity contribution is 7.98. The SMILES string of the molecule is CCCc1cccc(COC(O)(CC)c2ccccc2)c1SC. The Balaban J connectivity index is 2.20. The summed E-state index contributed by atoms with van der Waals surface area (Å²) in [5.41, 5.74) is 3.31. The Morgan fingerprint density at radius 3 is 2.30 bits per heavy atom. The molecule has 0 saturated heterocycles. The van der Waals surface area contributed by atoms with Crippen molar-refractivity contribution < 1.29 is 9.84 Å². The van der Waals surface area contributed by atoms with Crippen LogP contribution in [0.1, 0.15) is 43.4 Å². The van der Waals surface area contributed by atoms with E-state index < -0.39 is 5.79 Å². The van der Waals surface area contributed by atoms with E-state index in [-0.39, 0.29) is 0 Å². The lowest BCUT2D eigenvalue weighted by atomic mass is 10.0. The molecule has 1 atom stereocenters. The van der Waals surface area contributed by atoms with Gasteiger partial charge in [-0.1, -0.05) is 68.8 Å². The van der Waals surface area contributed by atoms with Crippen molar-refractivity contribution in [3.05, 3.63) is 65.2 Å². The normalized spacial score (nSPS) is 13.7. The molecule has 0 saturated carbocycles. The maximum absolute atomic E-state index is 10.9. The molecular weight excluding hydrogens is 304 g/mol. The summed E-state index contributed by atoms with van der Waals surface area (Å²) in [6.45, 7) is 4.54. The van der Waals surface area contributed by atoms with Gasteiger partial charge in [0, 0.05) is 16.9 Å². The molecule has 0 aliphatic rings. The first-order chi connectivity index (χ1) is 11.1. The van der Waals surface area contributed by atoms with Gasteiger partial charge in [-0.3, -0.25) is 0 Å². The lowest BCUT2D eigenvalue weighted by Gasteiger charge is -2.28. The van der Waals surface area contributed by atoms with Gasteiger partial charge in [-0.15, -0.1) is 11.8 Å². The highest BCUT2D eigenvalue weighted by Gasteiger charge is 2.28.